The maximum atomic E-state index is 12.3. The number of benzene rings is 2. The van der Waals surface area contributed by atoms with Crippen molar-refractivity contribution in [3.8, 4) is 11.5 Å². The van der Waals surface area contributed by atoms with Crippen molar-refractivity contribution in [1.82, 2.24) is 15.6 Å². The highest BCUT2D eigenvalue weighted by atomic mass is 32.2. The molecule has 2 amide bonds. The van der Waals surface area contributed by atoms with Crippen LogP contribution in [0.15, 0.2) is 47.4 Å². The molecule has 31 heavy (non-hydrogen) atoms. The molecule has 168 valence electrons. The molecule has 0 fully saturated rings. The van der Waals surface area contributed by atoms with Gasteiger partial charge in [0.15, 0.2) is 11.5 Å². The summed E-state index contributed by atoms with van der Waals surface area (Å²) in [4.78, 5) is 24.7. The average Bonchev–Trinajstić information content (AvgIpc) is 2.77. The summed E-state index contributed by atoms with van der Waals surface area (Å²) in [5.41, 5.74) is 5.06. The molecule has 0 saturated carbocycles. The van der Waals surface area contributed by atoms with Crippen molar-refractivity contribution in [2.75, 3.05) is 13.7 Å². The number of carbonyl (C=O) groups excluding carboxylic acids is 2. The zero-order chi connectivity index (χ0) is 23.0. The van der Waals surface area contributed by atoms with Crippen LogP contribution in [0, 0.1) is 0 Å². The first-order valence-electron chi connectivity index (χ1n) is 9.75. The van der Waals surface area contributed by atoms with Crippen LogP contribution in [-0.4, -0.2) is 40.0 Å². The van der Waals surface area contributed by atoms with E-state index in [0.717, 1.165) is 0 Å². The quantitative estimate of drug-likeness (QED) is 0.505. The van der Waals surface area contributed by atoms with Gasteiger partial charge in [0.1, 0.15) is 0 Å². The Morgan fingerprint density at radius 1 is 0.935 bits per heavy atom. The van der Waals surface area contributed by atoms with Gasteiger partial charge in [-0.25, -0.2) is 13.1 Å². The van der Waals surface area contributed by atoms with E-state index in [1.54, 1.807) is 19.1 Å². The van der Waals surface area contributed by atoms with Gasteiger partial charge in [0.05, 0.1) is 18.6 Å². The summed E-state index contributed by atoms with van der Waals surface area (Å²) >= 11 is 0. The van der Waals surface area contributed by atoms with Gasteiger partial charge in [0.2, 0.25) is 10.0 Å². The van der Waals surface area contributed by atoms with E-state index >= 15 is 0 Å². The molecule has 0 heterocycles. The van der Waals surface area contributed by atoms with E-state index in [1.165, 1.54) is 37.4 Å². The fourth-order valence-corrected chi connectivity index (χ4v) is 3.87. The zero-order valence-electron chi connectivity index (χ0n) is 17.9. The number of ether oxygens (including phenoxy) is 2. The van der Waals surface area contributed by atoms with Crippen molar-refractivity contribution in [1.29, 1.82) is 0 Å². The Labute approximate surface area is 182 Å². The number of carbonyl (C=O) groups is 2. The van der Waals surface area contributed by atoms with Gasteiger partial charge in [-0.1, -0.05) is 6.92 Å². The van der Waals surface area contributed by atoms with Gasteiger partial charge in [0, 0.05) is 17.2 Å². The third kappa shape index (κ3) is 6.43. The summed E-state index contributed by atoms with van der Waals surface area (Å²) < 4.78 is 37.7. The highest BCUT2D eigenvalue weighted by molar-refractivity contribution is 7.89. The first-order valence-corrected chi connectivity index (χ1v) is 11.2. The van der Waals surface area contributed by atoms with Crippen LogP contribution in [0.4, 0.5) is 0 Å². The molecule has 0 aliphatic rings. The third-order valence-corrected chi connectivity index (χ3v) is 6.02. The van der Waals surface area contributed by atoms with Crippen LogP contribution < -0.4 is 25.0 Å². The van der Waals surface area contributed by atoms with Crippen molar-refractivity contribution in [3.05, 3.63) is 53.6 Å². The van der Waals surface area contributed by atoms with Crippen molar-refractivity contribution >= 4 is 21.8 Å². The second kappa shape index (κ2) is 10.8. The first kappa shape index (κ1) is 24.2. The lowest BCUT2D eigenvalue weighted by atomic mass is 10.2. The van der Waals surface area contributed by atoms with Gasteiger partial charge in [-0.15, -0.1) is 0 Å². The average molecular weight is 450 g/mol. The molecule has 0 spiro atoms. The van der Waals surface area contributed by atoms with Crippen molar-refractivity contribution < 1.29 is 27.5 Å². The molecule has 2 rings (SSSR count). The van der Waals surface area contributed by atoms with Crippen LogP contribution in [0.1, 0.15) is 47.9 Å². The minimum Gasteiger partial charge on any atom is -0.493 e. The summed E-state index contributed by atoms with van der Waals surface area (Å²) in [6.07, 6.45) is 0.652. The van der Waals surface area contributed by atoms with Gasteiger partial charge in [-0.2, -0.15) is 0 Å². The smallest absolute Gasteiger partial charge is 0.269 e. The first-order chi connectivity index (χ1) is 14.7. The number of methoxy groups -OCH3 is 1. The van der Waals surface area contributed by atoms with E-state index in [4.69, 9.17) is 9.47 Å². The van der Waals surface area contributed by atoms with Crippen LogP contribution in [0.5, 0.6) is 11.5 Å². The van der Waals surface area contributed by atoms with Crippen LogP contribution in [0.3, 0.4) is 0 Å². The maximum Gasteiger partial charge on any atom is 0.269 e. The summed E-state index contributed by atoms with van der Waals surface area (Å²) in [6, 6.07) is 9.84. The summed E-state index contributed by atoms with van der Waals surface area (Å²) in [5.74, 6) is -0.246. The topological polar surface area (TPSA) is 123 Å². The van der Waals surface area contributed by atoms with E-state index in [0.29, 0.717) is 24.5 Å². The standard InChI is InChI=1S/C21H27N3O6S/c1-5-14(3)24-31(27,28)17-10-7-15(8-11-17)20(25)22-23-21(26)16-9-12-18(30-6-2)19(13-16)29-4/h7-14,24H,5-6H2,1-4H3,(H,22,25)(H,23,26). The monoisotopic (exact) mass is 449 g/mol. The largest absolute Gasteiger partial charge is 0.493 e. The molecule has 0 aliphatic heterocycles. The van der Waals surface area contributed by atoms with Crippen molar-refractivity contribution in [2.24, 2.45) is 0 Å². The number of hydrogen-bond donors (Lipinski definition) is 3. The summed E-state index contributed by atoms with van der Waals surface area (Å²) in [5, 5.41) is 0. The second-order valence-corrected chi connectivity index (χ2v) is 8.38. The third-order valence-electron chi connectivity index (χ3n) is 4.41. The molecule has 3 N–H and O–H groups in total. The Morgan fingerprint density at radius 3 is 2.06 bits per heavy atom. The number of hydrazine groups is 1. The van der Waals surface area contributed by atoms with Gasteiger partial charge in [-0.05, 0) is 62.7 Å². The SMILES string of the molecule is CCOc1ccc(C(=O)NNC(=O)c2ccc(S(=O)(=O)NC(C)CC)cc2)cc1OC. The number of sulfonamides is 1. The molecule has 0 aliphatic carbocycles. The second-order valence-electron chi connectivity index (χ2n) is 6.66. The van der Waals surface area contributed by atoms with E-state index in [9.17, 15) is 18.0 Å². The molecule has 0 saturated heterocycles. The number of nitrogens with one attached hydrogen (secondary N) is 3. The minimum atomic E-state index is -3.66. The molecular formula is C21H27N3O6S. The lowest BCUT2D eigenvalue weighted by Crippen LogP contribution is -2.41. The summed E-state index contributed by atoms with van der Waals surface area (Å²) in [7, 11) is -2.20. The normalized spacial score (nSPS) is 12.0. The highest BCUT2D eigenvalue weighted by Gasteiger charge is 2.17. The molecule has 1 unspecified atom stereocenters. The zero-order valence-corrected chi connectivity index (χ0v) is 18.7. The Hall–Kier alpha value is -3.11. The number of rotatable bonds is 9. The lowest BCUT2D eigenvalue weighted by molar-refractivity contribution is 0.0846. The van der Waals surface area contributed by atoms with Crippen molar-refractivity contribution in [2.45, 2.75) is 38.1 Å². The lowest BCUT2D eigenvalue weighted by Gasteiger charge is -2.13. The van der Waals surface area contributed by atoms with Gasteiger partial charge < -0.3 is 9.47 Å². The fraction of sp³-hybridized carbons (Fsp3) is 0.333. The Morgan fingerprint density at radius 2 is 1.52 bits per heavy atom. The van der Waals surface area contributed by atoms with E-state index in [2.05, 4.69) is 15.6 Å². The maximum absolute atomic E-state index is 12.3. The molecule has 9 nitrogen and oxygen atoms in total. The van der Waals surface area contributed by atoms with Gasteiger partial charge in [-0.3, -0.25) is 20.4 Å². The van der Waals surface area contributed by atoms with Gasteiger partial charge in [0.25, 0.3) is 11.8 Å². The van der Waals surface area contributed by atoms with E-state index in [1.807, 2.05) is 13.8 Å². The van der Waals surface area contributed by atoms with Crippen LogP contribution >= 0.6 is 0 Å². The van der Waals surface area contributed by atoms with E-state index < -0.39 is 21.8 Å². The molecular weight excluding hydrogens is 422 g/mol. The molecule has 0 radical (unpaired) electrons. The molecule has 2 aromatic carbocycles. The van der Waals surface area contributed by atoms with Gasteiger partial charge >= 0.3 is 0 Å². The molecule has 0 aromatic heterocycles. The number of amides is 2. The Bertz CT molecular complexity index is 1020. The Balaban J connectivity index is 2.02. The van der Waals surface area contributed by atoms with Crippen molar-refractivity contribution in [3.63, 3.8) is 0 Å². The molecule has 1 atom stereocenters. The summed E-state index contributed by atoms with van der Waals surface area (Å²) in [6.45, 7) is 5.92. The molecule has 0 bridgehead atoms. The minimum absolute atomic E-state index is 0.0508. The van der Waals surface area contributed by atoms with E-state index in [-0.39, 0.29) is 22.1 Å². The molecule has 2 aromatic rings. The highest BCUT2D eigenvalue weighted by Crippen LogP contribution is 2.27. The number of hydrogen-bond acceptors (Lipinski definition) is 6. The van der Waals surface area contributed by atoms with Crippen LogP contribution in [0.2, 0.25) is 0 Å². The van der Waals surface area contributed by atoms with Crippen LogP contribution in [0.25, 0.3) is 0 Å². The van der Waals surface area contributed by atoms with Crippen LogP contribution in [-0.2, 0) is 10.0 Å². The Kier molecular flexibility index (Phi) is 8.40. The predicted octanol–water partition coefficient (Wildman–Crippen LogP) is 2.25. The molecule has 10 heteroatoms. The fourth-order valence-electron chi connectivity index (χ4n) is 2.54. The predicted molar refractivity (Wildman–Crippen MR) is 116 cm³/mol.